The number of amides is 1. The van der Waals surface area contributed by atoms with E-state index in [0.717, 1.165) is 11.3 Å². The Morgan fingerprint density at radius 3 is 2.92 bits per heavy atom. The van der Waals surface area contributed by atoms with Crippen molar-refractivity contribution in [2.45, 2.75) is 6.92 Å². The van der Waals surface area contributed by atoms with Gasteiger partial charge in [-0.05, 0) is 5.38 Å². The number of rotatable bonds is 2. The highest BCUT2D eigenvalue weighted by Crippen LogP contribution is 2.29. The van der Waals surface area contributed by atoms with Crippen LogP contribution in [0.1, 0.15) is 6.92 Å². The van der Waals surface area contributed by atoms with Crippen molar-refractivity contribution in [1.82, 2.24) is 0 Å². The molecule has 64 valence electrons. The SMILES string of the molecule is CC(=O)Nc1sccc1[N+](=O)[O-]. The van der Waals surface area contributed by atoms with Gasteiger partial charge in [-0.15, -0.1) is 11.3 Å². The second-order valence-electron chi connectivity index (χ2n) is 2.07. The Kier molecular flexibility index (Phi) is 2.39. The van der Waals surface area contributed by atoms with Crippen molar-refractivity contribution in [2.24, 2.45) is 0 Å². The summed E-state index contributed by atoms with van der Waals surface area (Å²) in [6.07, 6.45) is 0. The van der Waals surface area contributed by atoms with E-state index in [1.54, 1.807) is 5.38 Å². The van der Waals surface area contributed by atoms with Crippen molar-refractivity contribution in [1.29, 1.82) is 0 Å². The average molecular weight is 186 g/mol. The van der Waals surface area contributed by atoms with E-state index in [9.17, 15) is 14.9 Å². The second-order valence-corrected chi connectivity index (χ2v) is 2.99. The topological polar surface area (TPSA) is 72.2 Å². The van der Waals surface area contributed by atoms with Crippen LogP contribution in [0.15, 0.2) is 11.4 Å². The molecule has 0 spiro atoms. The summed E-state index contributed by atoms with van der Waals surface area (Å²) < 4.78 is 0. The molecule has 5 nitrogen and oxygen atoms in total. The summed E-state index contributed by atoms with van der Waals surface area (Å²) in [7, 11) is 0. The molecule has 0 atom stereocenters. The zero-order valence-electron chi connectivity index (χ0n) is 6.23. The van der Waals surface area contributed by atoms with Crippen LogP contribution in [0.4, 0.5) is 10.7 Å². The van der Waals surface area contributed by atoms with Crippen molar-refractivity contribution < 1.29 is 9.72 Å². The lowest BCUT2D eigenvalue weighted by atomic mass is 10.5. The van der Waals surface area contributed by atoms with Gasteiger partial charge in [0, 0.05) is 13.0 Å². The maximum Gasteiger partial charge on any atom is 0.303 e. The van der Waals surface area contributed by atoms with E-state index in [0.29, 0.717) is 0 Å². The minimum atomic E-state index is -0.526. The first-order valence-electron chi connectivity index (χ1n) is 3.10. The van der Waals surface area contributed by atoms with Crippen molar-refractivity contribution in [3.8, 4) is 0 Å². The van der Waals surface area contributed by atoms with E-state index < -0.39 is 4.92 Å². The molecule has 0 fully saturated rings. The summed E-state index contributed by atoms with van der Waals surface area (Å²) in [6.45, 7) is 1.31. The summed E-state index contributed by atoms with van der Waals surface area (Å²) in [4.78, 5) is 20.4. The predicted molar refractivity (Wildman–Crippen MR) is 45.3 cm³/mol. The van der Waals surface area contributed by atoms with Crippen LogP contribution in [0.25, 0.3) is 0 Å². The largest absolute Gasteiger partial charge is 0.312 e. The molecular weight excluding hydrogens is 180 g/mol. The number of carbonyl (C=O) groups is 1. The number of hydrogen-bond acceptors (Lipinski definition) is 4. The first-order chi connectivity index (χ1) is 5.61. The molecule has 0 bridgehead atoms. The van der Waals surface area contributed by atoms with Gasteiger partial charge in [-0.25, -0.2) is 0 Å². The Balaban J connectivity index is 2.91. The van der Waals surface area contributed by atoms with Crippen LogP contribution < -0.4 is 5.32 Å². The fourth-order valence-electron chi connectivity index (χ4n) is 0.700. The molecule has 0 saturated carbocycles. The maximum absolute atomic E-state index is 10.6. The molecule has 0 unspecified atom stereocenters. The number of anilines is 1. The van der Waals surface area contributed by atoms with Crippen molar-refractivity contribution >= 4 is 27.9 Å². The maximum atomic E-state index is 10.6. The molecule has 1 heterocycles. The Morgan fingerprint density at radius 2 is 2.42 bits per heavy atom. The molecule has 1 aromatic rings. The van der Waals surface area contributed by atoms with Gasteiger partial charge in [0.25, 0.3) is 0 Å². The first-order valence-corrected chi connectivity index (χ1v) is 3.98. The number of nitrogens with zero attached hydrogens (tertiary/aromatic N) is 1. The van der Waals surface area contributed by atoms with Gasteiger partial charge >= 0.3 is 5.69 Å². The quantitative estimate of drug-likeness (QED) is 0.563. The number of nitrogens with one attached hydrogen (secondary N) is 1. The van der Waals surface area contributed by atoms with Gasteiger partial charge < -0.3 is 5.32 Å². The van der Waals surface area contributed by atoms with Crippen LogP contribution in [-0.2, 0) is 4.79 Å². The zero-order valence-corrected chi connectivity index (χ0v) is 7.05. The van der Waals surface area contributed by atoms with Gasteiger partial charge in [0.05, 0.1) is 4.92 Å². The summed E-state index contributed by atoms with van der Waals surface area (Å²) >= 11 is 1.13. The lowest BCUT2D eigenvalue weighted by Crippen LogP contribution is -2.05. The van der Waals surface area contributed by atoms with E-state index >= 15 is 0 Å². The highest BCUT2D eigenvalue weighted by atomic mass is 32.1. The van der Waals surface area contributed by atoms with Crippen LogP contribution in [0.5, 0.6) is 0 Å². The molecule has 0 aliphatic heterocycles. The molecule has 0 saturated heterocycles. The zero-order chi connectivity index (χ0) is 9.14. The van der Waals surface area contributed by atoms with Crippen LogP contribution in [-0.4, -0.2) is 10.8 Å². The van der Waals surface area contributed by atoms with Gasteiger partial charge in [-0.1, -0.05) is 0 Å². The second kappa shape index (κ2) is 3.31. The number of hydrogen-bond donors (Lipinski definition) is 1. The molecule has 1 rings (SSSR count). The smallest absolute Gasteiger partial charge is 0.303 e. The number of thiophene rings is 1. The number of carbonyl (C=O) groups excluding carboxylic acids is 1. The van der Waals surface area contributed by atoms with E-state index in [1.165, 1.54) is 13.0 Å². The normalized spacial score (nSPS) is 9.42. The predicted octanol–water partition coefficient (Wildman–Crippen LogP) is 1.61. The molecular formula is C6H6N2O3S. The molecule has 0 aliphatic carbocycles. The first kappa shape index (κ1) is 8.66. The van der Waals surface area contributed by atoms with Crippen molar-refractivity contribution in [3.63, 3.8) is 0 Å². The van der Waals surface area contributed by atoms with E-state index in [2.05, 4.69) is 5.32 Å². The van der Waals surface area contributed by atoms with Crippen LogP contribution in [0.3, 0.4) is 0 Å². The van der Waals surface area contributed by atoms with Gasteiger partial charge in [0.15, 0.2) is 5.00 Å². The Bertz CT molecular complexity index is 320. The van der Waals surface area contributed by atoms with Crippen molar-refractivity contribution in [3.05, 3.63) is 21.6 Å². The fourth-order valence-corrected chi connectivity index (χ4v) is 1.50. The summed E-state index contributed by atoms with van der Waals surface area (Å²) in [6, 6.07) is 1.36. The standard InChI is InChI=1S/C6H6N2O3S/c1-4(9)7-6-5(8(10)11)2-3-12-6/h2-3H,1H3,(H,7,9). The molecule has 1 N–H and O–H groups in total. The van der Waals surface area contributed by atoms with Gasteiger partial charge in [0.1, 0.15) is 0 Å². The minimum Gasteiger partial charge on any atom is -0.312 e. The molecule has 1 amide bonds. The van der Waals surface area contributed by atoms with Crippen LogP contribution in [0, 0.1) is 10.1 Å². The highest BCUT2D eigenvalue weighted by Gasteiger charge is 2.15. The average Bonchev–Trinajstić information content (AvgIpc) is 2.33. The molecule has 6 heteroatoms. The molecule has 0 radical (unpaired) electrons. The molecule has 0 aromatic carbocycles. The highest BCUT2D eigenvalue weighted by molar-refractivity contribution is 7.15. The van der Waals surface area contributed by atoms with E-state index in [4.69, 9.17) is 0 Å². The summed E-state index contributed by atoms with van der Waals surface area (Å²) in [5.74, 6) is -0.305. The summed E-state index contributed by atoms with van der Waals surface area (Å²) in [5, 5.41) is 14.5. The monoisotopic (exact) mass is 186 g/mol. The third kappa shape index (κ3) is 1.79. The molecule has 1 aromatic heterocycles. The van der Waals surface area contributed by atoms with Crippen molar-refractivity contribution in [2.75, 3.05) is 5.32 Å². The minimum absolute atomic E-state index is 0.0600. The molecule has 0 aliphatic rings. The van der Waals surface area contributed by atoms with Gasteiger partial charge in [-0.2, -0.15) is 0 Å². The Labute approximate surface area is 72.2 Å². The molecule has 12 heavy (non-hydrogen) atoms. The Hall–Kier alpha value is -1.43. The lowest BCUT2D eigenvalue weighted by Gasteiger charge is -1.95. The van der Waals surface area contributed by atoms with Crippen LogP contribution >= 0.6 is 11.3 Å². The van der Waals surface area contributed by atoms with Crippen LogP contribution in [0.2, 0.25) is 0 Å². The number of nitro groups is 1. The van der Waals surface area contributed by atoms with E-state index in [-0.39, 0.29) is 16.6 Å². The van der Waals surface area contributed by atoms with Gasteiger partial charge in [-0.3, -0.25) is 14.9 Å². The lowest BCUT2D eigenvalue weighted by molar-refractivity contribution is -0.383. The van der Waals surface area contributed by atoms with E-state index in [1.807, 2.05) is 0 Å². The fraction of sp³-hybridized carbons (Fsp3) is 0.167. The van der Waals surface area contributed by atoms with Gasteiger partial charge in [0.2, 0.25) is 5.91 Å². The third-order valence-corrected chi connectivity index (χ3v) is 1.95. The Morgan fingerprint density at radius 1 is 1.75 bits per heavy atom. The third-order valence-electron chi connectivity index (χ3n) is 1.13. The summed E-state index contributed by atoms with van der Waals surface area (Å²) in [5.41, 5.74) is -0.0600.